The van der Waals surface area contributed by atoms with Gasteiger partial charge in [-0.25, -0.2) is 0 Å². The first kappa shape index (κ1) is 16.3. The predicted octanol–water partition coefficient (Wildman–Crippen LogP) is 2.79. The van der Waals surface area contributed by atoms with Crippen molar-refractivity contribution in [3.05, 3.63) is 24.3 Å². The van der Waals surface area contributed by atoms with Crippen molar-refractivity contribution >= 4 is 17.3 Å². The fourth-order valence-corrected chi connectivity index (χ4v) is 2.29. The van der Waals surface area contributed by atoms with Gasteiger partial charge in [0.2, 0.25) is 5.91 Å². The van der Waals surface area contributed by atoms with Crippen LogP contribution in [-0.4, -0.2) is 25.0 Å². The fraction of sp³-hybridized carbons (Fsp3) is 0.562. The first-order chi connectivity index (χ1) is 9.56. The van der Waals surface area contributed by atoms with Gasteiger partial charge in [0.05, 0.1) is 6.54 Å². The highest BCUT2D eigenvalue weighted by atomic mass is 16.2. The molecule has 4 nitrogen and oxygen atoms in total. The first-order valence-electron chi connectivity index (χ1n) is 7.46. The lowest BCUT2D eigenvalue weighted by Crippen LogP contribution is -2.41. The van der Waals surface area contributed by atoms with Gasteiger partial charge >= 0.3 is 0 Å². The largest absolute Gasteiger partial charge is 0.399 e. The number of rotatable bonds is 8. The average molecular weight is 277 g/mol. The Kier molecular flexibility index (Phi) is 6.91. The van der Waals surface area contributed by atoms with Crippen LogP contribution < -0.4 is 16.0 Å². The van der Waals surface area contributed by atoms with Crippen molar-refractivity contribution in [1.29, 1.82) is 0 Å². The zero-order valence-corrected chi connectivity index (χ0v) is 12.9. The van der Waals surface area contributed by atoms with Gasteiger partial charge in [-0.15, -0.1) is 0 Å². The summed E-state index contributed by atoms with van der Waals surface area (Å²) >= 11 is 0. The number of benzene rings is 1. The number of hydrogen-bond donors (Lipinski definition) is 2. The molecule has 1 rings (SSSR count). The van der Waals surface area contributed by atoms with E-state index >= 15 is 0 Å². The maximum atomic E-state index is 12.1. The molecule has 1 aromatic rings. The first-order valence-corrected chi connectivity index (χ1v) is 7.46. The van der Waals surface area contributed by atoms with Crippen LogP contribution in [-0.2, 0) is 4.79 Å². The lowest BCUT2D eigenvalue weighted by atomic mass is 10.2. The van der Waals surface area contributed by atoms with Gasteiger partial charge in [0.15, 0.2) is 0 Å². The number of nitrogens with two attached hydrogens (primary N) is 1. The number of hydrogen-bond acceptors (Lipinski definition) is 3. The van der Waals surface area contributed by atoms with Gasteiger partial charge in [-0.2, -0.15) is 0 Å². The van der Waals surface area contributed by atoms with Gasteiger partial charge in [0.25, 0.3) is 0 Å². The molecule has 0 heterocycles. The summed E-state index contributed by atoms with van der Waals surface area (Å²) < 4.78 is 0. The molecule has 0 spiro atoms. The maximum absolute atomic E-state index is 12.1. The molecule has 1 unspecified atom stereocenters. The normalized spacial score (nSPS) is 11.9. The van der Waals surface area contributed by atoms with E-state index in [-0.39, 0.29) is 11.9 Å². The van der Waals surface area contributed by atoms with Crippen molar-refractivity contribution in [2.75, 3.05) is 23.7 Å². The van der Waals surface area contributed by atoms with Gasteiger partial charge in [0.1, 0.15) is 0 Å². The molecule has 1 amide bonds. The van der Waals surface area contributed by atoms with E-state index in [4.69, 9.17) is 5.73 Å². The maximum Gasteiger partial charge on any atom is 0.239 e. The number of amides is 1. The van der Waals surface area contributed by atoms with Crippen molar-refractivity contribution in [3.63, 3.8) is 0 Å². The summed E-state index contributed by atoms with van der Waals surface area (Å²) in [6.45, 7) is 7.51. The van der Waals surface area contributed by atoms with Crippen LogP contribution in [0.1, 0.15) is 40.0 Å². The van der Waals surface area contributed by atoms with Crippen LogP contribution in [0, 0.1) is 0 Å². The standard InChI is InChI=1S/C16H27N3O/c1-4-7-13(3)18-16(20)12-19(10-5-2)15-9-6-8-14(17)11-15/h6,8-9,11,13H,4-5,7,10,12,17H2,1-3H3,(H,18,20). The van der Waals surface area contributed by atoms with Crippen LogP contribution >= 0.6 is 0 Å². The molecule has 4 heteroatoms. The summed E-state index contributed by atoms with van der Waals surface area (Å²) in [5.74, 6) is 0.0711. The monoisotopic (exact) mass is 277 g/mol. The van der Waals surface area contributed by atoms with Crippen molar-refractivity contribution in [2.24, 2.45) is 0 Å². The molecule has 0 aromatic heterocycles. The summed E-state index contributed by atoms with van der Waals surface area (Å²) in [4.78, 5) is 14.2. The zero-order valence-electron chi connectivity index (χ0n) is 12.9. The van der Waals surface area contributed by atoms with Gasteiger partial charge in [-0.3, -0.25) is 4.79 Å². The summed E-state index contributed by atoms with van der Waals surface area (Å²) in [5.41, 5.74) is 7.55. The number of nitrogen functional groups attached to an aromatic ring is 1. The molecule has 0 bridgehead atoms. The van der Waals surface area contributed by atoms with Crippen molar-refractivity contribution < 1.29 is 4.79 Å². The number of carbonyl (C=O) groups is 1. The van der Waals surface area contributed by atoms with Gasteiger partial charge in [-0.1, -0.05) is 26.3 Å². The van der Waals surface area contributed by atoms with E-state index in [1.807, 2.05) is 31.2 Å². The molecule has 0 saturated carbocycles. The van der Waals surface area contributed by atoms with Crippen LogP contribution in [0.2, 0.25) is 0 Å². The quantitative estimate of drug-likeness (QED) is 0.718. The van der Waals surface area contributed by atoms with Crippen molar-refractivity contribution in [2.45, 2.75) is 46.1 Å². The molecule has 0 aliphatic heterocycles. The van der Waals surface area contributed by atoms with Crippen LogP contribution in [0.3, 0.4) is 0 Å². The Labute approximate surface area is 122 Å². The fourth-order valence-electron chi connectivity index (χ4n) is 2.29. The third-order valence-corrected chi connectivity index (χ3v) is 3.19. The topological polar surface area (TPSA) is 58.4 Å². The minimum absolute atomic E-state index is 0.0711. The molecule has 0 radical (unpaired) electrons. The Morgan fingerprint density at radius 1 is 1.35 bits per heavy atom. The smallest absolute Gasteiger partial charge is 0.239 e. The zero-order chi connectivity index (χ0) is 15.0. The van der Waals surface area contributed by atoms with Crippen molar-refractivity contribution in [1.82, 2.24) is 5.32 Å². The van der Waals surface area contributed by atoms with E-state index in [2.05, 4.69) is 24.1 Å². The highest BCUT2D eigenvalue weighted by Crippen LogP contribution is 2.17. The summed E-state index contributed by atoms with van der Waals surface area (Å²) in [5, 5.41) is 3.04. The molecule has 1 aromatic carbocycles. The Hall–Kier alpha value is -1.71. The molecule has 1 atom stereocenters. The van der Waals surface area contributed by atoms with Gasteiger partial charge in [0, 0.05) is 24.0 Å². The Morgan fingerprint density at radius 2 is 2.10 bits per heavy atom. The lowest BCUT2D eigenvalue weighted by molar-refractivity contribution is -0.120. The predicted molar refractivity (Wildman–Crippen MR) is 85.9 cm³/mol. The number of anilines is 2. The van der Waals surface area contributed by atoms with E-state index in [1.54, 1.807) is 0 Å². The van der Waals surface area contributed by atoms with Crippen LogP contribution in [0.25, 0.3) is 0 Å². The van der Waals surface area contributed by atoms with Gasteiger partial charge < -0.3 is 16.0 Å². The van der Waals surface area contributed by atoms with Crippen LogP contribution in [0.5, 0.6) is 0 Å². The van der Waals surface area contributed by atoms with Crippen LogP contribution in [0.15, 0.2) is 24.3 Å². The third-order valence-electron chi connectivity index (χ3n) is 3.19. The molecular formula is C16H27N3O. The second-order valence-electron chi connectivity index (χ2n) is 5.27. The molecule has 3 N–H and O–H groups in total. The molecule has 0 fully saturated rings. The summed E-state index contributed by atoms with van der Waals surface area (Å²) in [7, 11) is 0. The van der Waals surface area contributed by atoms with Crippen LogP contribution in [0.4, 0.5) is 11.4 Å². The number of nitrogens with zero attached hydrogens (tertiary/aromatic N) is 1. The Morgan fingerprint density at radius 3 is 2.70 bits per heavy atom. The average Bonchev–Trinajstić information content (AvgIpc) is 2.38. The molecule has 0 aliphatic carbocycles. The second-order valence-corrected chi connectivity index (χ2v) is 5.27. The lowest BCUT2D eigenvalue weighted by Gasteiger charge is -2.25. The Balaban J connectivity index is 2.65. The minimum Gasteiger partial charge on any atom is -0.399 e. The molecular weight excluding hydrogens is 250 g/mol. The van der Waals surface area contributed by atoms with E-state index in [1.165, 1.54) is 0 Å². The van der Waals surface area contributed by atoms with E-state index in [0.717, 1.165) is 37.2 Å². The highest BCUT2D eigenvalue weighted by molar-refractivity contribution is 5.81. The van der Waals surface area contributed by atoms with E-state index < -0.39 is 0 Å². The van der Waals surface area contributed by atoms with Crippen molar-refractivity contribution in [3.8, 4) is 0 Å². The number of nitrogens with one attached hydrogen (secondary N) is 1. The van der Waals surface area contributed by atoms with E-state index in [9.17, 15) is 4.79 Å². The minimum atomic E-state index is 0.0711. The molecule has 0 saturated heterocycles. The Bertz CT molecular complexity index is 420. The van der Waals surface area contributed by atoms with E-state index in [0.29, 0.717) is 6.54 Å². The summed E-state index contributed by atoms with van der Waals surface area (Å²) in [6.07, 6.45) is 3.08. The number of carbonyl (C=O) groups excluding carboxylic acids is 1. The second kappa shape index (κ2) is 8.46. The molecule has 0 aliphatic rings. The SMILES string of the molecule is CCCC(C)NC(=O)CN(CCC)c1cccc(N)c1. The third kappa shape index (κ3) is 5.51. The molecule has 112 valence electrons. The highest BCUT2D eigenvalue weighted by Gasteiger charge is 2.12. The summed E-state index contributed by atoms with van der Waals surface area (Å²) in [6, 6.07) is 7.92. The molecule has 20 heavy (non-hydrogen) atoms. The van der Waals surface area contributed by atoms with Gasteiger partial charge in [-0.05, 0) is 38.0 Å².